The van der Waals surface area contributed by atoms with Crippen molar-refractivity contribution in [2.45, 2.75) is 58.2 Å². The Morgan fingerprint density at radius 3 is 2.48 bits per heavy atom. The lowest BCUT2D eigenvalue weighted by atomic mass is 9.96. The van der Waals surface area contributed by atoms with Crippen LogP contribution in [0.5, 0.6) is 11.6 Å². The van der Waals surface area contributed by atoms with E-state index in [0.29, 0.717) is 47.5 Å². The number of aliphatic carboxylic acids is 1. The minimum absolute atomic E-state index is 0.116. The summed E-state index contributed by atoms with van der Waals surface area (Å²) < 4.78 is 52.5. The zero-order valence-electron chi connectivity index (χ0n) is 26.5. The van der Waals surface area contributed by atoms with E-state index in [-0.39, 0.29) is 30.9 Å². The van der Waals surface area contributed by atoms with Crippen LogP contribution in [-0.4, -0.2) is 70.8 Å². The van der Waals surface area contributed by atoms with Crippen LogP contribution in [0.2, 0.25) is 0 Å². The molecule has 256 valence electrons. The van der Waals surface area contributed by atoms with E-state index in [4.69, 9.17) is 20.3 Å². The molecule has 3 aromatic rings. The topological polar surface area (TPSA) is 157 Å². The van der Waals surface area contributed by atoms with Gasteiger partial charge in [0.1, 0.15) is 5.75 Å². The molecule has 1 aliphatic rings. The number of benzene rings is 2. The molecule has 0 spiro atoms. The third-order valence-electron chi connectivity index (χ3n) is 7.57. The number of nitrogens with zero attached hydrogens (tertiary/aromatic N) is 4. The molecule has 2 atom stereocenters. The van der Waals surface area contributed by atoms with Crippen LogP contribution in [-0.2, 0) is 37.0 Å². The summed E-state index contributed by atoms with van der Waals surface area (Å²) in [7, 11) is 1.61. The number of carboxylic acid groups (broad SMARTS) is 1. The highest BCUT2D eigenvalue weighted by Crippen LogP contribution is 2.32. The van der Waals surface area contributed by atoms with Gasteiger partial charge < -0.3 is 34.9 Å². The number of anilines is 1. The molecule has 0 fully saturated rings. The fourth-order valence-corrected chi connectivity index (χ4v) is 5.02. The number of nitrogens with two attached hydrogens (primary N) is 1. The summed E-state index contributed by atoms with van der Waals surface area (Å²) in [6, 6.07) is 17.6. The summed E-state index contributed by atoms with van der Waals surface area (Å²) in [6.07, 6.45) is -5.21. The molecule has 0 saturated carbocycles. The molecule has 0 radical (unpaired) electrons. The van der Waals surface area contributed by atoms with Crippen LogP contribution in [0.4, 0.5) is 24.5 Å². The SMILES string of the molecule is CC(C)C(CCC(=O)N(C)c1cccc(COCC(OC(=O)C(F)(F)F)C(=O)O)c1)N1Cc2cc(Oc3ccccc3)ncc2N=C1N. The molecule has 1 amide bonds. The van der Waals surface area contributed by atoms with Gasteiger partial charge in [-0.15, -0.1) is 0 Å². The van der Waals surface area contributed by atoms with Crippen LogP contribution in [0, 0.1) is 5.92 Å². The zero-order valence-corrected chi connectivity index (χ0v) is 26.5. The van der Waals surface area contributed by atoms with Crippen molar-refractivity contribution in [2.75, 3.05) is 18.6 Å². The van der Waals surface area contributed by atoms with Gasteiger partial charge in [-0.05, 0) is 42.2 Å². The van der Waals surface area contributed by atoms with Crippen molar-refractivity contribution in [1.29, 1.82) is 0 Å². The number of pyridine rings is 1. The van der Waals surface area contributed by atoms with E-state index in [9.17, 15) is 27.6 Å². The number of guanidine groups is 1. The fraction of sp³-hybridized carbons (Fsp3) is 0.364. The first kappa shape index (κ1) is 35.7. The van der Waals surface area contributed by atoms with E-state index in [1.807, 2.05) is 55.1 Å². The van der Waals surface area contributed by atoms with Crippen LogP contribution in [0.3, 0.4) is 0 Å². The van der Waals surface area contributed by atoms with Gasteiger partial charge in [0, 0.05) is 43.4 Å². The average Bonchev–Trinajstić information content (AvgIpc) is 3.04. The predicted octanol–water partition coefficient (Wildman–Crippen LogP) is 5.18. The zero-order chi connectivity index (χ0) is 35.0. The number of hydrogen-bond donors (Lipinski definition) is 2. The number of para-hydroxylation sites is 1. The van der Waals surface area contributed by atoms with Crippen molar-refractivity contribution in [1.82, 2.24) is 9.88 Å². The van der Waals surface area contributed by atoms with Crippen LogP contribution in [0.25, 0.3) is 0 Å². The second-order valence-corrected chi connectivity index (χ2v) is 11.4. The molecule has 15 heteroatoms. The Morgan fingerprint density at radius 2 is 1.81 bits per heavy atom. The maximum Gasteiger partial charge on any atom is 0.490 e. The number of aromatic nitrogens is 1. The third kappa shape index (κ3) is 9.44. The Hall–Kier alpha value is -5.18. The van der Waals surface area contributed by atoms with Gasteiger partial charge in [-0.2, -0.15) is 13.2 Å². The van der Waals surface area contributed by atoms with Crippen LogP contribution < -0.4 is 15.4 Å². The molecule has 48 heavy (non-hydrogen) atoms. The first-order chi connectivity index (χ1) is 22.7. The van der Waals surface area contributed by atoms with E-state index < -0.39 is 30.8 Å². The summed E-state index contributed by atoms with van der Waals surface area (Å²) in [6.45, 7) is 3.52. The highest BCUT2D eigenvalue weighted by Gasteiger charge is 2.43. The first-order valence-corrected chi connectivity index (χ1v) is 15.0. The van der Waals surface area contributed by atoms with Gasteiger partial charge in [0.2, 0.25) is 17.9 Å². The lowest BCUT2D eigenvalue weighted by Gasteiger charge is -2.38. The number of carbonyl (C=O) groups excluding carboxylic acids is 2. The van der Waals surface area contributed by atoms with Crippen molar-refractivity contribution in [3.63, 3.8) is 0 Å². The van der Waals surface area contributed by atoms with E-state index in [1.54, 1.807) is 37.5 Å². The number of carboxylic acids is 1. The Kier molecular flexibility index (Phi) is 11.6. The average molecular weight is 672 g/mol. The number of halogens is 3. The number of fused-ring (bicyclic) bond motifs is 1. The molecule has 0 aliphatic carbocycles. The molecular formula is C33H36F3N5O7. The maximum atomic E-state index is 13.3. The monoisotopic (exact) mass is 671 g/mol. The van der Waals surface area contributed by atoms with E-state index in [0.717, 1.165) is 5.56 Å². The number of esters is 1. The van der Waals surface area contributed by atoms with Crippen molar-refractivity contribution in [3.8, 4) is 11.6 Å². The van der Waals surface area contributed by atoms with Crippen LogP contribution >= 0.6 is 0 Å². The molecule has 3 N–H and O–H groups in total. The van der Waals surface area contributed by atoms with E-state index >= 15 is 0 Å². The summed E-state index contributed by atoms with van der Waals surface area (Å²) in [5.41, 5.74) is 8.95. The Bertz CT molecular complexity index is 1640. The first-order valence-electron chi connectivity index (χ1n) is 15.0. The number of rotatable bonds is 14. The van der Waals surface area contributed by atoms with Gasteiger partial charge in [-0.1, -0.05) is 44.2 Å². The minimum atomic E-state index is -5.34. The molecule has 1 aromatic heterocycles. The predicted molar refractivity (Wildman–Crippen MR) is 169 cm³/mol. The van der Waals surface area contributed by atoms with Crippen LogP contribution in [0.1, 0.15) is 37.8 Å². The van der Waals surface area contributed by atoms with Gasteiger partial charge in [0.05, 0.1) is 25.1 Å². The van der Waals surface area contributed by atoms with Gasteiger partial charge in [-0.3, -0.25) is 4.79 Å². The number of amides is 1. The lowest BCUT2D eigenvalue weighted by Crippen LogP contribution is -2.48. The van der Waals surface area contributed by atoms with Crippen molar-refractivity contribution in [3.05, 3.63) is 78.0 Å². The van der Waals surface area contributed by atoms with Crippen molar-refractivity contribution >= 4 is 35.2 Å². The second-order valence-electron chi connectivity index (χ2n) is 11.4. The standard InChI is InChI=1S/C33H36F3N5O7/c1-20(2)26(41-17-22-15-28(38-16-25(22)39-32(41)37)47-24-10-5-4-6-11-24)12-13-29(42)40(3)23-9-7-8-21(14-23)18-46-19-27(30(43)44)48-31(45)33(34,35)36/h4-11,14-16,20,26-27H,12-13,17-19H2,1-3H3,(H2,37,39)(H,43,44). The van der Waals surface area contributed by atoms with Gasteiger partial charge in [0.15, 0.2) is 5.96 Å². The molecule has 0 bridgehead atoms. The lowest BCUT2D eigenvalue weighted by molar-refractivity contribution is -0.209. The molecule has 0 saturated heterocycles. The Morgan fingerprint density at radius 1 is 1.08 bits per heavy atom. The molecule has 2 aromatic carbocycles. The summed E-state index contributed by atoms with van der Waals surface area (Å²) >= 11 is 0. The smallest absolute Gasteiger partial charge is 0.478 e. The fourth-order valence-electron chi connectivity index (χ4n) is 5.02. The van der Waals surface area contributed by atoms with Crippen molar-refractivity contribution < 1.29 is 46.9 Å². The van der Waals surface area contributed by atoms with E-state index in [2.05, 4.69) is 14.7 Å². The van der Waals surface area contributed by atoms with Gasteiger partial charge >= 0.3 is 18.1 Å². The number of carbonyl (C=O) groups is 3. The maximum absolute atomic E-state index is 13.3. The number of hydrogen-bond acceptors (Lipinski definition) is 10. The minimum Gasteiger partial charge on any atom is -0.478 e. The normalized spacial score (nSPS) is 14.1. The second kappa shape index (κ2) is 15.6. The summed E-state index contributed by atoms with van der Waals surface area (Å²) in [5.74, 6) is -3.07. The highest BCUT2D eigenvalue weighted by molar-refractivity contribution is 5.93. The Labute approximate surface area is 274 Å². The molecule has 12 nitrogen and oxygen atoms in total. The molecular weight excluding hydrogens is 635 g/mol. The number of aliphatic imine (C=N–C) groups is 1. The third-order valence-corrected chi connectivity index (χ3v) is 7.57. The highest BCUT2D eigenvalue weighted by atomic mass is 19.4. The van der Waals surface area contributed by atoms with Crippen LogP contribution in [0.15, 0.2) is 71.9 Å². The Balaban J connectivity index is 1.35. The quantitative estimate of drug-likeness (QED) is 0.219. The van der Waals surface area contributed by atoms with Crippen molar-refractivity contribution in [2.24, 2.45) is 16.6 Å². The van der Waals surface area contributed by atoms with Gasteiger partial charge in [0.25, 0.3) is 0 Å². The molecule has 2 unspecified atom stereocenters. The number of ether oxygens (including phenoxy) is 3. The molecule has 4 rings (SSSR count). The number of alkyl halides is 3. The summed E-state index contributed by atoms with van der Waals surface area (Å²) in [4.78, 5) is 47.9. The largest absolute Gasteiger partial charge is 0.490 e. The van der Waals surface area contributed by atoms with Gasteiger partial charge in [-0.25, -0.2) is 19.6 Å². The summed E-state index contributed by atoms with van der Waals surface area (Å²) in [5, 5.41) is 9.10. The van der Waals surface area contributed by atoms with E-state index in [1.165, 1.54) is 4.90 Å². The molecule has 2 heterocycles. The molecule has 1 aliphatic heterocycles.